The summed E-state index contributed by atoms with van der Waals surface area (Å²) in [7, 11) is 0. The van der Waals surface area contributed by atoms with Crippen LogP contribution in [0.4, 0.5) is 10.2 Å². The van der Waals surface area contributed by atoms with Crippen LogP contribution in [0.2, 0.25) is 0 Å². The van der Waals surface area contributed by atoms with Crippen LogP contribution in [0.15, 0.2) is 6.33 Å². The predicted molar refractivity (Wildman–Crippen MR) is 72.9 cm³/mol. The van der Waals surface area contributed by atoms with Gasteiger partial charge in [0.1, 0.15) is 6.33 Å². The molecule has 0 aliphatic carbocycles. The molecule has 2 aliphatic heterocycles. The molecule has 0 aromatic carbocycles. The van der Waals surface area contributed by atoms with Crippen molar-refractivity contribution in [3.63, 3.8) is 0 Å². The number of hydrogen-bond acceptors (Lipinski definition) is 4. The molecule has 1 aromatic rings. The van der Waals surface area contributed by atoms with Gasteiger partial charge < -0.3 is 9.80 Å². The van der Waals surface area contributed by atoms with Crippen molar-refractivity contribution in [2.75, 3.05) is 31.1 Å². The zero-order chi connectivity index (χ0) is 14.1. The molecule has 3 rings (SSSR count). The van der Waals surface area contributed by atoms with E-state index in [9.17, 15) is 9.18 Å². The molecule has 0 radical (unpaired) electrons. The Balaban J connectivity index is 1.64. The van der Waals surface area contributed by atoms with Crippen molar-refractivity contribution in [2.24, 2.45) is 5.92 Å². The average Bonchev–Trinajstić information content (AvgIpc) is 2.92. The van der Waals surface area contributed by atoms with E-state index < -0.39 is 0 Å². The van der Waals surface area contributed by atoms with E-state index in [0.717, 1.165) is 25.9 Å². The number of aromatic nitrogens is 2. The first-order chi connectivity index (χ1) is 9.70. The standard InChI is InChI=1S/C14H19FN4O/c1-2-11-12(15)13(17-9-16-11)19-7-10(8-19)14(20)18-5-3-4-6-18/h9-10H,2-8H2,1H3. The monoisotopic (exact) mass is 278 g/mol. The highest BCUT2D eigenvalue weighted by Gasteiger charge is 2.38. The predicted octanol–water partition coefficient (Wildman–Crippen LogP) is 1.24. The van der Waals surface area contributed by atoms with Crippen LogP contribution >= 0.6 is 0 Å². The van der Waals surface area contributed by atoms with E-state index in [4.69, 9.17) is 0 Å². The van der Waals surface area contributed by atoms with Crippen LogP contribution in [0, 0.1) is 11.7 Å². The molecule has 0 saturated carbocycles. The highest BCUT2D eigenvalue weighted by Crippen LogP contribution is 2.28. The van der Waals surface area contributed by atoms with E-state index >= 15 is 0 Å². The molecule has 2 fully saturated rings. The van der Waals surface area contributed by atoms with Gasteiger partial charge in [-0.2, -0.15) is 0 Å². The van der Waals surface area contributed by atoms with Crippen molar-refractivity contribution in [1.82, 2.24) is 14.9 Å². The van der Waals surface area contributed by atoms with Crippen LogP contribution < -0.4 is 4.90 Å². The maximum Gasteiger partial charge on any atom is 0.229 e. The number of amides is 1. The highest BCUT2D eigenvalue weighted by atomic mass is 19.1. The lowest BCUT2D eigenvalue weighted by molar-refractivity contribution is -0.135. The van der Waals surface area contributed by atoms with Crippen molar-refractivity contribution in [2.45, 2.75) is 26.2 Å². The number of aryl methyl sites for hydroxylation is 1. The minimum Gasteiger partial charge on any atom is -0.352 e. The third-order valence-electron chi connectivity index (χ3n) is 4.13. The van der Waals surface area contributed by atoms with Crippen molar-refractivity contribution in [3.05, 3.63) is 17.8 Å². The number of nitrogens with zero attached hydrogens (tertiary/aromatic N) is 4. The molecular formula is C14H19FN4O. The summed E-state index contributed by atoms with van der Waals surface area (Å²) in [5.74, 6) is 0.195. The van der Waals surface area contributed by atoms with Gasteiger partial charge in [-0.1, -0.05) is 6.92 Å². The fourth-order valence-electron chi connectivity index (χ4n) is 2.87. The average molecular weight is 278 g/mol. The molecule has 6 heteroatoms. The number of halogens is 1. The van der Waals surface area contributed by atoms with E-state index in [1.54, 1.807) is 0 Å². The van der Waals surface area contributed by atoms with E-state index in [1.807, 2.05) is 16.7 Å². The van der Waals surface area contributed by atoms with Gasteiger partial charge in [-0.25, -0.2) is 14.4 Å². The topological polar surface area (TPSA) is 49.3 Å². The second-order valence-electron chi connectivity index (χ2n) is 5.45. The third kappa shape index (κ3) is 2.23. The van der Waals surface area contributed by atoms with Gasteiger partial charge in [0, 0.05) is 26.2 Å². The fourth-order valence-corrected chi connectivity index (χ4v) is 2.87. The number of hydrogen-bond donors (Lipinski definition) is 0. The van der Waals surface area contributed by atoms with E-state index in [-0.39, 0.29) is 17.6 Å². The molecular weight excluding hydrogens is 259 g/mol. The van der Waals surface area contributed by atoms with Gasteiger partial charge in [-0.05, 0) is 19.3 Å². The Morgan fingerprint density at radius 2 is 2.05 bits per heavy atom. The molecule has 0 spiro atoms. The number of carbonyl (C=O) groups is 1. The molecule has 108 valence electrons. The Morgan fingerprint density at radius 1 is 1.35 bits per heavy atom. The first-order valence-corrected chi connectivity index (χ1v) is 7.23. The molecule has 2 saturated heterocycles. The lowest BCUT2D eigenvalue weighted by atomic mass is 9.98. The van der Waals surface area contributed by atoms with Crippen LogP contribution in [0.25, 0.3) is 0 Å². The molecule has 0 bridgehead atoms. The van der Waals surface area contributed by atoms with Gasteiger partial charge in [0.2, 0.25) is 5.91 Å². The van der Waals surface area contributed by atoms with Crippen LogP contribution in [-0.4, -0.2) is 47.0 Å². The highest BCUT2D eigenvalue weighted by molar-refractivity contribution is 5.82. The summed E-state index contributed by atoms with van der Waals surface area (Å²) in [5.41, 5.74) is 0.435. The minimum atomic E-state index is -0.345. The third-order valence-corrected chi connectivity index (χ3v) is 4.13. The van der Waals surface area contributed by atoms with Gasteiger partial charge in [-0.3, -0.25) is 4.79 Å². The number of anilines is 1. The minimum absolute atomic E-state index is 0.00691. The zero-order valence-corrected chi connectivity index (χ0v) is 11.7. The van der Waals surface area contributed by atoms with Crippen LogP contribution in [-0.2, 0) is 11.2 Å². The van der Waals surface area contributed by atoms with Gasteiger partial charge in [-0.15, -0.1) is 0 Å². The summed E-state index contributed by atoms with van der Waals surface area (Å²) in [4.78, 5) is 23.9. The van der Waals surface area contributed by atoms with E-state index in [2.05, 4.69) is 9.97 Å². The van der Waals surface area contributed by atoms with Gasteiger partial charge in [0.15, 0.2) is 11.6 Å². The molecule has 5 nitrogen and oxygen atoms in total. The number of carbonyl (C=O) groups excluding carboxylic acids is 1. The summed E-state index contributed by atoms with van der Waals surface area (Å²) in [5, 5.41) is 0. The van der Waals surface area contributed by atoms with E-state index in [1.165, 1.54) is 6.33 Å². The summed E-state index contributed by atoms with van der Waals surface area (Å²) in [6.07, 6.45) is 4.14. The molecule has 0 unspecified atom stereocenters. The van der Waals surface area contributed by atoms with Crippen LogP contribution in [0.3, 0.4) is 0 Å². The van der Waals surface area contributed by atoms with Gasteiger partial charge in [0.25, 0.3) is 0 Å². The Kier molecular flexibility index (Phi) is 3.54. The first kappa shape index (κ1) is 13.3. The second kappa shape index (κ2) is 5.34. The Bertz CT molecular complexity index is 510. The summed E-state index contributed by atoms with van der Waals surface area (Å²) < 4.78 is 14.1. The molecule has 1 aromatic heterocycles. The largest absolute Gasteiger partial charge is 0.352 e. The number of likely N-dealkylation sites (tertiary alicyclic amines) is 1. The molecule has 20 heavy (non-hydrogen) atoms. The maximum atomic E-state index is 14.1. The molecule has 2 aliphatic rings. The molecule has 0 N–H and O–H groups in total. The van der Waals surface area contributed by atoms with Crippen molar-refractivity contribution in [3.8, 4) is 0 Å². The Morgan fingerprint density at radius 3 is 2.70 bits per heavy atom. The zero-order valence-electron chi connectivity index (χ0n) is 11.7. The summed E-state index contributed by atoms with van der Waals surface area (Å²) in [6.45, 7) is 4.73. The molecule has 0 atom stereocenters. The summed E-state index contributed by atoms with van der Waals surface area (Å²) in [6, 6.07) is 0. The van der Waals surface area contributed by atoms with Crippen molar-refractivity contribution >= 4 is 11.7 Å². The van der Waals surface area contributed by atoms with Gasteiger partial charge >= 0.3 is 0 Å². The summed E-state index contributed by atoms with van der Waals surface area (Å²) >= 11 is 0. The Labute approximate surface area is 117 Å². The lowest BCUT2D eigenvalue weighted by Crippen LogP contribution is -2.54. The fraction of sp³-hybridized carbons (Fsp3) is 0.643. The van der Waals surface area contributed by atoms with E-state index in [0.29, 0.717) is 31.0 Å². The lowest BCUT2D eigenvalue weighted by Gasteiger charge is -2.40. The normalized spacial score (nSPS) is 19.3. The van der Waals surface area contributed by atoms with Crippen molar-refractivity contribution < 1.29 is 9.18 Å². The van der Waals surface area contributed by atoms with Crippen LogP contribution in [0.5, 0.6) is 0 Å². The maximum absolute atomic E-state index is 14.1. The molecule has 1 amide bonds. The Hall–Kier alpha value is -1.72. The smallest absolute Gasteiger partial charge is 0.229 e. The molecule has 3 heterocycles. The first-order valence-electron chi connectivity index (χ1n) is 7.23. The SMILES string of the molecule is CCc1ncnc(N2CC(C(=O)N3CCCC3)C2)c1F. The number of rotatable bonds is 3. The van der Waals surface area contributed by atoms with Gasteiger partial charge in [0.05, 0.1) is 11.6 Å². The quantitative estimate of drug-likeness (QED) is 0.834. The van der Waals surface area contributed by atoms with Crippen molar-refractivity contribution in [1.29, 1.82) is 0 Å². The van der Waals surface area contributed by atoms with Crippen LogP contribution in [0.1, 0.15) is 25.5 Å². The second-order valence-corrected chi connectivity index (χ2v) is 5.45.